The second kappa shape index (κ2) is 9.38. The SMILES string of the molecule is COC(=O)c1c(NC(=O)CSc2nc(C)cc(=O)[nH]2)sc2c1CCCCCC2. The smallest absolute Gasteiger partial charge is 0.341 e. The summed E-state index contributed by atoms with van der Waals surface area (Å²) in [6, 6.07) is 1.40. The van der Waals surface area contributed by atoms with Gasteiger partial charge in [-0.05, 0) is 38.2 Å². The van der Waals surface area contributed by atoms with Crippen molar-refractivity contribution in [2.75, 3.05) is 18.2 Å². The van der Waals surface area contributed by atoms with E-state index >= 15 is 0 Å². The zero-order chi connectivity index (χ0) is 20.1. The third-order valence-electron chi connectivity index (χ3n) is 4.50. The van der Waals surface area contributed by atoms with Crippen LogP contribution in [0.25, 0.3) is 0 Å². The van der Waals surface area contributed by atoms with Crippen molar-refractivity contribution < 1.29 is 14.3 Å². The number of amides is 1. The normalized spacial score (nSPS) is 13.9. The fourth-order valence-corrected chi connectivity index (χ4v) is 5.26. The van der Waals surface area contributed by atoms with Gasteiger partial charge in [-0.15, -0.1) is 11.3 Å². The van der Waals surface area contributed by atoms with Gasteiger partial charge < -0.3 is 15.0 Å². The first-order valence-electron chi connectivity index (χ1n) is 9.21. The number of carbonyl (C=O) groups excluding carboxylic acids is 2. The van der Waals surface area contributed by atoms with Crippen LogP contribution < -0.4 is 10.9 Å². The molecule has 28 heavy (non-hydrogen) atoms. The molecule has 0 saturated carbocycles. The van der Waals surface area contributed by atoms with Gasteiger partial charge in [-0.3, -0.25) is 9.59 Å². The number of aromatic amines is 1. The van der Waals surface area contributed by atoms with E-state index in [9.17, 15) is 14.4 Å². The lowest BCUT2D eigenvalue weighted by Crippen LogP contribution is -2.17. The molecule has 0 aromatic carbocycles. The number of carbonyl (C=O) groups is 2. The number of aryl methyl sites for hydroxylation is 2. The predicted molar refractivity (Wildman–Crippen MR) is 110 cm³/mol. The number of H-pyrrole nitrogens is 1. The van der Waals surface area contributed by atoms with Crippen molar-refractivity contribution in [3.63, 3.8) is 0 Å². The molecule has 0 bridgehead atoms. The topological polar surface area (TPSA) is 101 Å². The summed E-state index contributed by atoms with van der Waals surface area (Å²) in [5, 5.41) is 3.81. The Hall–Kier alpha value is -2.13. The van der Waals surface area contributed by atoms with Gasteiger partial charge in [-0.1, -0.05) is 24.6 Å². The number of methoxy groups -OCH3 is 1. The lowest BCUT2D eigenvalue weighted by Gasteiger charge is -2.11. The number of aromatic nitrogens is 2. The van der Waals surface area contributed by atoms with E-state index in [-0.39, 0.29) is 17.2 Å². The molecule has 9 heteroatoms. The zero-order valence-electron chi connectivity index (χ0n) is 15.9. The maximum absolute atomic E-state index is 12.5. The maximum atomic E-state index is 12.5. The van der Waals surface area contributed by atoms with Gasteiger partial charge in [0.2, 0.25) is 5.91 Å². The van der Waals surface area contributed by atoms with E-state index < -0.39 is 5.97 Å². The van der Waals surface area contributed by atoms with Gasteiger partial charge in [0.05, 0.1) is 18.4 Å². The number of thioether (sulfide) groups is 1. The van der Waals surface area contributed by atoms with Crippen molar-refractivity contribution in [2.24, 2.45) is 0 Å². The Morgan fingerprint density at radius 3 is 2.75 bits per heavy atom. The molecule has 7 nitrogen and oxygen atoms in total. The number of nitrogens with one attached hydrogen (secondary N) is 2. The third-order valence-corrected chi connectivity index (χ3v) is 6.58. The van der Waals surface area contributed by atoms with Gasteiger partial charge in [-0.25, -0.2) is 9.78 Å². The fourth-order valence-electron chi connectivity index (χ4n) is 3.24. The van der Waals surface area contributed by atoms with Crippen LogP contribution in [0.15, 0.2) is 16.0 Å². The second-order valence-corrected chi connectivity index (χ2v) is 8.71. The third kappa shape index (κ3) is 5.02. The minimum absolute atomic E-state index is 0.0789. The Balaban J connectivity index is 1.76. The van der Waals surface area contributed by atoms with E-state index in [2.05, 4.69) is 15.3 Å². The molecule has 3 rings (SSSR count). The predicted octanol–water partition coefficient (Wildman–Crippen LogP) is 3.32. The Labute approximate surface area is 171 Å². The summed E-state index contributed by atoms with van der Waals surface area (Å²) in [5.74, 6) is -0.588. The van der Waals surface area contributed by atoms with Crippen LogP contribution in [0.4, 0.5) is 5.00 Å². The largest absolute Gasteiger partial charge is 0.465 e. The molecule has 2 N–H and O–H groups in total. The molecule has 1 amide bonds. The van der Waals surface area contributed by atoms with Crippen molar-refractivity contribution >= 4 is 40.0 Å². The van der Waals surface area contributed by atoms with Crippen LogP contribution in [0.3, 0.4) is 0 Å². The maximum Gasteiger partial charge on any atom is 0.341 e. The molecular formula is C19H23N3O4S2. The van der Waals surface area contributed by atoms with E-state index in [1.165, 1.54) is 30.9 Å². The molecule has 1 aliphatic carbocycles. The molecule has 1 aliphatic rings. The molecule has 2 heterocycles. The highest BCUT2D eigenvalue weighted by molar-refractivity contribution is 7.99. The lowest BCUT2D eigenvalue weighted by atomic mass is 9.96. The van der Waals surface area contributed by atoms with E-state index in [4.69, 9.17) is 4.74 Å². The molecule has 150 valence electrons. The van der Waals surface area contributed by atoms with Crippen LogP contribution in [-0.2, 0) is 22.4 Å². The number of fused-ring (bicyclic) bond motifs is 1. The van der Waals surface area contributed by atoms with Gasteiger partial charge in [0.25, 0.3) is 5.56 Å². The van der Waals surface area contributed by atoms with Crippen molar-refractivity contribution in [3.05, 3.63) is 38.1 Å². The highest BCUT2D eigenvalue weighted by Gasteiger charge is 2.25. The van der Waals surface area contributed by atoms with Crippen LogP contribution in [0.2, 0.25) is 0 Å². The number of thiophene rings is 1. The van der Waals surface area contributed by atoms with Crippen molar-refractivity contribution in [3.8, 4) is 0 Å². The van der Waals surface area contributed by atoms with Gasteiger partial charge in [-0.2, -0.15) is 0 Å². The lowest BCUT2D eigenvalue weighted by molar-refractivity contribution is -0.113. The van der Waals surface area contributed by atoms with Crippen LogP contribution in [0, 0.1) is 6.92 Å². The van der Waals surface area contributed by atoms with E-state index in [0.717, 1.165) is 54.3 Å². The Morgan fingerprint density at radius 1 is 1.29 bits per heavy atom. The number of esters is 1. The second-order valence-electron chi connectivity index (χ2n) is 6.64. The van der Waals surface area contributed by atoms with E-state index in [1.54, 1.807) is 6.92 Å². The molecule has 2 aromatic heterocycles. The highest BCUT2D eigenvalue weighted by atomic mass is 32.2. The molecular weight excluding hydrogens is 398 g/mol. The summed E-state index contributed by atoms with van der Waals surface area (Å²) < 4.78 is 4.97. The first-order chi connectivity index (χ1) is 13.5. The van der Waals surface area contributed by atoms with Crippen molar-refractivity contribution in [1.29, 1.82) is 0 Å². The van der Waals surface area contributed by atoms with E-state index in [0.29, 0.717) is 21.4 Å². The van der Waals surface area contributed by atoms with Gasteiger partial charge >= 0.3 is 5.97 Å². The standard InChI is InChI=1S/C19H23N3O4S2/c1-11-9-14(23)22-19(20-11)27-10-15(24)21-17-16(18(25)26-2)12-7-5-3-4-6-8-13(12)28-17/h9H,3-8,10H2,1-2H3,(H,21,24)(H,20,22,23). The molecule has 0 saturated heterocycles. The Kier molecular flexibility index (Phi) is 6.90. The number of rotatable bonds is 5. The van der Waals surface area contributed by atoms with Crippen molar-refractivity contribution in [2.45, 2.75) is 50.6 Å². The van der Waals surface area contributed by atoms with Gasteiger partial charge in [0.15, 0.2) is 5.16 Å². The average molecular weight is 422 g/mol. The Morgan fingerprint density at radius 2 is 2.04 bits per heavy atom. The molecule has 0 atom stereocenters. The van der Waals surface area contributed by atoms with Crippen LogP contribution in [0.5, 0.6) is 0 Å². The van der Waals surface area contributed by atoms with E-state index in [1.807, 2.05) is 0 Å². The molecule has 0 radical (unpaired) electrons. The fraction of sp³-hybridized carbons (Fsp3) is 0.474. The summed E-state index contributed by atoms with van der Waals surface area (Å²) in [6.45, 7) is 1.73. The molecule has 0 aliphatic heterocycles. The van der Waals surface area contributed by atoms with Crippen LogP contribution in [-0.4, -0.2) is 34.7 Å². The summed E-state index contributed by atoms with van der Waals surface area (Å²) in [5.41, 5.74) is 1.85. The van der Waals surface area contributed by atoms with Crippen LogP contribution in [0.1, 0.15) is 52.2 Å². The number of nitrogens with zero attached hydrogens (tertiary/aromatic N) is 1. The molecule has 0 spiro atoms. The number of anilines is 1. The Bertz CT molecular complexity index is 936. The molecule has 0 fully saturated rings. The first-order valence-corrected chi connectivity index (χ1v) is 11.0. The first kappa shape index (κ1) is 20.6. The summed E-state index contributed by atoms with van der Waals surface area (Å²) in [6.07, 6.45) is 6.20. The minimum atomic E-state index is -0.411. The van der Waals surface area contributed by atoms with Gasteiger partial charge in [0, 0.05) is 16.6 Å². The van der Waals surface area contributed by atoms with Crippen molar-refractivity contribution in [1.82, 2.24) is 9.97 Å². The quantitative estimate of drug-likeness (QED) is 0.436. The van der Waals surface area contributed by atoms with Gasteiger partial charge in [0.1, 0.15) is 5.00 Å². The van der Waals surface area contributed by atoms with Crippen LogP contribution >= 0.6 is 23.1 Å². The summed E-state index contributed by atoms with van der Waals surface area (Å²) in [4.78, 5) is 44.3. The summed E-state index contributed by atoms with van der Waals surface area (Å²) >= 11 is 2.62. The molecule has 2 aromatic rings. The number of hydrogen-bond acceptors (Lipinski definition) is 7. The minimum Gasteiger partial charge on any atom is -0.465 e. The summed E-state index contributed by atoms with van der Waals surface area (Å²) in [7, 11) is 1.36. The highest BCUT2D eigenvalue weighted by Crippen LogP contribution is 2.37. The number of hydrogen-bond donors (Lipinski definition) is 2. The molecule has 0 unspecified atom stereocenters. The monoisotopic (exact) mass is 421 g/mol. The number of ether oxygens (including phenoxy) is 1. The zero-order valence-corrected chi connectivity index (χ0v) is 17.6. The average Bonchev–Trinajstić information content (AvgIpc) is 2.94.